The standard InChI is InChI=1S/C17H16N8/c1-2-10(1)13-8-16(25-24-13)22-15-5-6-18-17(23-15)21-11-3-4-12-14(7-11)20-9-19-12/h3-10H,1-2H2,(H,19,20)(H3,18,21,22,23,24,25). The van der Waals surface area contributed by atoms with E-state index in [1.165, 1.54) is 18.5 Å². The maximum atomic E-state index is 4.49. The lowest BCUT2D eigenvalue weighted by atomic mass is 10.3. The molecule has 8 heteroatoms. The van der Waals surface area contributed by atoms with Gasteiger partial charge in [-0.05, 0) is 37.1 Å². The quantitative estimate of drug-likeness (QED) is 0.446. The van der Waals surface area contributed by atoms with E-state index in [0.717, 1.165) is 22.5 Å². The van der Waals surface area contributed by atoms with Crippen molar-refractivity contribution in [1.82, 2.24) is 30.1 Å². The van der Waals surface area contributed by atoms with Crippen LogP contribution in [0.25, 0.3) is 11.0 Å². The number of benzene rings is 1. The maximum absolute atomic E-state index is 4.49. The van der Waals surface area contributed by atoms with Crippen molar-refractivity contribution in [2.75, 3.05) is 10.6 Å². The number of H-pyrrole nitrogens is 2. The molecule has 1 aliphatic rings. The largest absolute Gasteiger partial charge is 0.345 e. The molecule has 8 nitrogen and oxygen atoms in total. The minimum atomic E-state index is 0.516. The van der Waals surface area contributed by atoms with Crippen LogP contribution in [-0.4, -0.2) is 30.1 Å². The number of rotatable bonds is 5. The van der Waals surface area contributed by atoms with Crippen molar-refractivity contribution < 1.29 is 0 Å². The van der Waals surface area contributed by atoms with E-state index >= 15 is 0 Å². The van der Waals surface area contributed by atoms with Gasteiger partial charge in [0.2, 0.25) is 5.95 Å². The van der Waals surface area contributed by atoms with E-state index in [4.69, 9.17) is 0 Å². The van der Waals surface area contributed by atoms with Gasteiger partial charge in [-0.3, -0.25) is 5.10 Å². The van der Waals surface area contributed by atoms with Crippen LogP contribution in [0.15, 0.2) is 42.9 Å². The van der Waals surface area contributed by atoms with E-state index in [2.05, 4.69) is 40.8 Å². The molecule has 0 spiro atoms. The predicted molar refractivity (Wildman–Crippen MR) is 95.3 cm³/mol. The fourth-order valence-corrected chi connectivity index (χ4v) is 2.77. The fourth-order valence-electron chi connectivity index (χ4n) is 2.77. The molecule has 0 amide bonds. The fraction of sp³-hybridized carbons (Fsp3) is 0.176. The number of anilines is 4. The topological polar surface area (TPSA) is 107 Å². The second-order valence-corrected chi connectivity index (χ2v) is 6.13. The third kappa shape index (κ3) is 2.89. The predicted octanol–water partition coefficient (Wildman–Crippen LogP) is 3.44. The van der Waals surface area contributed by atoms with Crippen LogP contribution in [0.3, 0.4) is 0 Å². The number of nitrogens with one attached hydrogen (secondary N) is 4. The van der Waals surface area contributed by atoms with Gasteiger partial charge < -0.3 is 15.6 Å². The van der Waals surface area contributed by atoms with Crippen molar-refractivity contribution in [3.8, 4) is 0 Å². The molecule has 0 unspecified atom stereocenters. The molecule has 1 saturated carbocycles. The van der Waals surface area contributed by atoms with Crippen molar-refractivity contribution in [3.63, 3.8) is 0 Å². The second-order valence-electron chi connectivity index (χ2n) is 6.13. The van der Waals surface area contributed by atoms with Gasteiger partial charge in [-0.15, -0.1) is 0 Å². The Kier molecular flexibility index (Phi) is 3.12. The molecule has 5 rings (SSSR count). The first-order valence-electron chi connectivity index (χ1n) is 8.19. The van der Waals surface area contributed by atoms with Crippen molar-refractivity contribution in [2.45, 2.75) is 18.8 Å². The molecule has 1 aromatic carbocycles. The summed E-state index contributed by atoms with van der Waals surface area (Å²) < 4.78 is 0. The summed E-state index contributed by atoms with van der Waals surface area (Å²) in [4.78, 5) is 16.1. The van der Waals surface area contributed by atoms with Gasteiger partial charge in [0, 0.05) is 29.6 Å². The highest BCUT2D eigenvalue weighted by Gasteiger charge is 2.25. The summed E-state index contributed by atoms with van der Waals surface area (Å²) in [6.07, 6.45) is 5.86. The highest BCUT2D eigenvalue weighted by molar-refractivity contribution is 5.79. The van der Waals surface area contributed by atoms with Crippen molar-refractivity contribution in [3.05, 3.63) is 48.5 Å². The van der Waals surface area contributed by atoms with Gasteiger partial charge in [0.25, 0.3) is 0 Å². The molecule has 0 aliphatic heterocycles. The molecular formula is C17H16N8. The SMILES string of the molecule is c1cc(Nc2cc(C3CC3)[nH]n2)nc(Nc2ccc3nc[nH]c3c2)n1. The molecule has 0 saturated heterocycles. The van der Waals surface area contributed by atoms with Gasteiger partial charge in [0.05, 0.1) is 17.4 Å². The average molecular weight is 332 g/mol. The van der Waals surface area contributed by atoms with Crippen LogP contribution in [-0.2, 0) is 0 Å². The van der Waals surface area contributed by atoms with E-state index in [-0.39, 0.29) is 0 Å². The maximum Gasteiger partial charge on any atom is 0.229 e. The smallest absolute Gasteiger partial charge is 0.229 e. The minimum absolute atomic E-state index is 0.516. The molecule has 3 aromatic heterocycles. The van der Waals surface area contributed by atoms with E-state index in [9.17, 15) is 0 Å². The Morgan fingerprint density at radius 2 is 1.96 bits per heavy atom. The zero-order valence-electron chi connectivity index (χ0n) is 13.3. The van der Waals surface area contributed by atoms with Gasteiger partial charge in [0.1, 0.15) is 5.82 Å². The molecule has 4 aromatic rings. The van der Waals surface area contributed by atoms with Crippen LogP contribution < -0.4 is 10.6 Å². The normalized spacial score (nSPS) is 13.9. The first kappa shape index (κ1) is 14.0. The van der Waals surface area contributed by atoms with Crippen LogP contribution in [0, 0.1) is 0 Å². The van der Waals surface area contributed by atoms with E-state index < -0.39 is 0 Å². The Bertz CT molecular complexity index is 1030. The zero-order chi connectivity index (χ0) is 16.6. The van der Waals surface area contributed by atoms with Crippen molar-refractivity contribution >= 4 is 34.3 Å². The van der Waals surface area contributed by atoms with Gasteiger partial charge >= 0.3 is 0 Å². The molecule has 1 aliphatic carbocycles. The third-order valence-electron chi connectivity index (χ3n) is 4.20. The highest BCUT2D eigenvalue weighted by Crippen LogP contribution is 2.39. The number of aromatic nitrogens is 6. The molecule has 124 valence electrons. The number of hydrogen-bond donors (Lipinski definition) is 4. The average Bonchev–Trinajstić information content (AvgIpc) is 3.18. The van der Waals surface area contributed by atoms with Crippen molar-refractivity contribution in [1.29, 1.82) is 0 Å². The monoisotopic (exact) mass is 332 g/mol. The number of aromatic amines is 2. The number of imidazole rings is 1. The first-order valence-corrected chi connectivity index (χ1v) is 8.19. The summed E-state index contributed by atoms with van der Waals surface area (Å²) in [5.74, 6) is 2.62. The van der Waals surface area contributed by atoms with E-state index in [1.807, 2.05) is 30.3 Å². The Morgan fingerprint density at radius 3 is 2.88 bits per heavy atom. The van der Waals surface area contributed by atoms with Gasteiger partial charge in [0.15, 0.2) is 5.82 Å². The molecule has 4 N–H and O–H groups in total. The Balaban J connectivity index is 1.34. The van der Waals surface area contributed by atoms with Gasteiger partial charge in [-0.1, -0.05) is 0 Å². The molecule has 1 fully saturated rings. The summed E-state index contributed by atoms with van der Waals surface area (Å²) in [7, 11) is 0. The summed E-state index contributed by atoms with van der Waals surface area (Å²) >= 11 is 0. The van der Waals surface area contributed by atoms with Crippen LogP contribution in [0.5, 0.6) is 0 Å². The van der Waals surface area contributed by atoms with Crippen LogP contribution in [0.2, 0.25) is 0 Å². The van der Waals surface area contributed by atoms with E-state index in [1.54, 1.807) is 12.5 Å². The highest BCUT2D eigenvalue weighted by atomic mass is 15.2. The Morgan fingerprint density at radius 1 is 1.00 bits per heavy atom. The first-order chi connectivity index (χ1) is 12.3. The van der Waals surface area contributed by atoms with Crippen molar-refractivity contribution in [2.24, 2.45) is 0 Å². The molecular weight excluding hydrogens is 316 g/mol. The van der Waals surface area contributed by atoms with Gasteiger partial charge in [-0.2, -0.15) is 10.1 Å². The van der Waals surface area contributed by atoms with E-state index in [0.29, 0.717) is 17.7 Å². The molecule has 0 atom stereocenters. The lowest BCUT2D eigenvalue weighted by Crippen LogP contribution is -2.00. The van der Waals surface area contributed by atoms with Crippen LogP contribution >= 0.6 is 0 Å². The number of fused-ring (bicyclic) bond motifs is 1. The number of hydrogen-bond acceptors (Lipinski definition) is 6. The Hall–Kier alpha value is -3.42. The molecule has 3 heterocycles. The Labute approximate surface area is 143 Å². The number of nitrogens with zero attached hydrogens (tertiary/aromatic N) is 4. The lowest BCUT2D eigenvalue weighted by molar-refractivity contribution is 0.966. The van der Waals surface area contributed by atoms with Crippen LogP contribution in [0.4, 0.5) is 23.3 Å². The molecule has 25 heavy (non-hydrogen) atoms. The third-order valence-corrected chi connectivity index (χ3v) is 4.20. The zero-order valence-corrected chi connectivity index (χ0v) is 13.3. The molecule has 0 bridgehead atoms. The molecule has 0 radical (unpaired) electrons. The lowest BCUT2D eigenvalue weighted by Gasteiger charge is -2.07. The summed E-state index contributed by atoms with van der Waals surface area (Å²) in [5, 5.41) is 13.8. The van der Waals surface area contributed by atoms with Crippen LogP contribution in [0.1, 0.15) is 24.5 Å². The summed E-state index contributed by atoms with van der Waals surface area (Å²) in [6.45, 7) is 0. The summed E-state index contributed by atoms with van der Waals surface area (Å²) in [6, 6.07) is 9.72. The minimum Gasteiger partial charge on any atom is -0.345 e. The summed E-state index contributed by atoms with van der Waals surface area (Å²) in [5.41, 5.74) is 3.96. The second kappa shape index (κ2) is 5.59. The van der Waals surface area contributed by atoms with Gasteiger partial charge in [-0.25, -0.2) is 9.97 Å².